The first kappa shape index (κ1) is 24.4. The molecule has 0 unspecified atom stereocenters. The van der Waals surface area contributed by atoms with Gasteiger partial charge in [-0.3, -0.25) is 0 Å². The van der Waals surface area contributed by atoms with Crippen LogP contribution in [0.3, 0.4) is 0 Å². The number of rotatable bonds is 15. The Bertz CT molecular complexity index is 394. The zero-order chi connectivity index (χ0) is 16.6. The number of benzene rings is 1. The van der Waals surface area contributed by atoms with Crippen molar-refractivity contribution >= 4 is 20.2 Å². The second kappa shape index (κ2) is 18.2. The normalized spacial score (nSPS) is 10.3. The summed E-state index contributed by atoms with van der Waals surface area (Å²) in [6.45, 7) is 0. The molecule has 0 aliphatic carbocycles. The summed E-state index contributed by atoms with van der Waals surface area (Å²) >= 11 is 2.55. The first-order chi connectivity index (χ1) is 11.3. The number of aryl methyl sites for hydroxylation is 1. The Balaban J connectivity index is 0.00000529. The predicted octanol–water partition coefficient (Wildman–Crippen LogP) is 1.96. The molecule has 0 aliphatic rings. The molecule has 0 aliphatic heterocycles. The van der Waals surface area contributed by atoms with Gasteiger partial charge in [-0.05, 0) is 18.4 Å². The second-order valence-electron chi connectivity index (χ2n) is 6.60. The Hall–Kier alpha value is 0.409. The fourth-order valence-electron chi connectivity index (χ4n) is 3.01. The monoisotopic (exact) mass is 404 g/mol. The van der Waals surface area contributed by atoms with Gasteiger partial charge in [0, 0.05) is 0 Å². The van der Waals surface area contributed by atoms with Crippen LogP contribution >= 0.6 is 0 Å². The van der Waals surface area contributed by atoms with Gasteiger partial charge in [0.15, 0.2) is 0 Å². The summed E-state index contributed by atoms with van der Waals surface area (Å²) in [7, 11) is 0. The third kappa shape index (κ3) is 15.9. The van der Waals surface area contributed by atoms with Gasteiger partial charge in [0.25, 0.3) is 0 Å². The summed E-state index contributed by atoms with van der Waals surface area (Å²) in [4.78, 5) is 0. The minimum absolute atomic E-state index is 0. The fraction of sp³-hybridized carbons (Fsp3) is 0.667. The second-order valence-corrected chi connectivity index (χ2v) is 7.56. The van der Waals surface area contributed by atoms with Crippen molar-refractivity contribution in [3.05, 3.63) is 35.9 Å². The van der Waals surface area contributed by atoms with Gasteiger partial charge in [0.2, 0.25) is 0 Å². The first-order valence-corrected chi connectivity index (χ1v) is 10.4. The molecule has 1 rings (SSSR count). The molecule has 0 aromatic heterocycles. The standard InChI is InChI=1S/C21H34OSe.Na/c22-21(23)19-15-10-8-6-4-2-1-3-5-7-9-12-16-20-17-13-11-14-18-20;/h11,13-14,17-18H,1-10,12,15-16,19H2,(H,22,23);/q;+1/p-1. The van der Waals surface area contributed by atoms with Crippen molar-refractivity contribution in [1.29, 1.82) is 0 Å². The zero-order valence-corrected chi connectivity index (χ0v) is 19.3. The Morgan fingerprint density at radius 3 is 1.54 bits per heavy atom. The van der Waals surface area contributed by atoms with Crippen molar-refractivity contribution in [2.75, 3.05) is 0 Å². The van der Waals surface area contributed by atoms with E-state index in [1.165, 1.54) is 82.6 Å². The van der Waals surface area contributed by atoms with Crippen LogP contribution in [0.15, 0.2) is 30.3 Å². The van der Waals surface area contributed by atoms with Crippen molar-refractivity contribution in [2.24, 2.45) is 0 Å². The molecule has 1 nitrogen and oxygen atoms in total. The Morgan fingerprint density at radius 2 is 1.08 bits per heavy atom. The van der Waals surface area contributed by atoms with Crippen molar-refractivity contribution in [1.82, 2.24) is 0 Å². The summed E-state index contributed by atoms with van der Waals surface area (Å²) in [5.74, 6) is 0. The molecule has 0 saturated carbocycles. The van der Waals surface area contributed by atoms with Crippen LogP contribution in [0.2, 0.25) is 0 Å². The van der Waals surface area contributed by atoms with E-state index in [-0.39, 0.29) is 34.2 Å². The molecule has 24 heavy (non-hydrogen) atoms. The number of hydrogen-bond donors (Lipinski definition) is 0. The zero-order valence-electron chi connectivity index (χ0n) is 15.6. The van der Waals surface area contributed by atoms with Crippen LogP contribution in [0.4, 0.5) is 0 Å². The van der Waals surface area contributed by atoms with E-state index in [0.29, 0.717) is 0 Å². The summed E-state index contributed by atoms with van der Waals surface area (Å²) in [5.41, 5.74) is 1.48. The van der Waals surface area contributed by atoms with Gasteiger partial charge in [-0.1, -0.05) is 36.8 Å². The first-order valence-electron chi connectivity index (χ1n) is 9.53. The van der Waals surface area contributed by atoms with Crippen LogP contribution < -0.4 is 34.7 Å². The summed E-state index contributed by atoms with van der Waals surface area (Å²) in [6.07, 6.45) is 18.0. The van der Waals surface area contributed by atoms with Gasteiger partial charge in [-0.2, -0.15) is 0 Å². The van der Waals surface area contributed by atoms with Crippen LogP contribution in [-0.2, 0) is 6.42 Å². The molecule has 1 aromatic rings. The molecule has 0 atom stereocenters. The van der Waals surface area contributed by atoms with Gasteiger partial charge in [-0.25, -0.2) is 0 Å². The smallest absolute Gasteiger partial charge is 0.0622 e. The molecule has 130 valence electrons. The fourth-order valence-corrected chi connectivity index (χ4v) is 3.31. The molecule has 0 N–H and O–H groups in total. The third-order valence-electron chi connectivity index (χ3n) is 4.44. The molecule has 3 heteroatoms. The van der Waals surface area contributed by atoms with E-state index in [4.69, 9.17) is 0 Å². The van der Waals surface area contributed by atoms with Crippen LogP contribution in [0.1, 0.15) is 89.0 Å². The predicted molar refractivity (Wildman–Crippen MR) is 101 cm³/mol. The molecule has 1 aromatic carbocycles. The molecule has 0 bridgehead atoms. The summed E-state index contributed by atoms with van der Waals surface area (Å²) < 4.78 is 0.216. The van der Waals surface area contributed by atoms with E-state index in [0.717, 1.165) is 12.8 Å². The molecule has 0 fully saturated rings. The van der Waals surface area contributed by atoms with Crippen molar-refractivity contribution < 1.29 is 34.7 Å². The summed E-state index contributed by atoms with van der Waals surface area (Å²) in [5, 5.41) is 10.8. The average molecular weight is 403 g/mol. The number of hydrogen-bond acceptors (Lipinski definition) is 1. The van der Waals surface area contributed by atoms with E-state index < -0.39 is 0 Å². The quantitative estimate of drug-likeness (QED) is 0.324. The maximum absolute atomic E-state index is 10.8. The van der Waals surface area contributed by atoms with Gasteiger partial charge >= 0.3 is 125 Å². The Kier molecular flexibility index (Phi) is 18.5. The topological polar surface area (TPSA) is 23.1 Å². The third-order valence-corrected chi connectivity index (χ3v) is 4.87. The molecular weight excluding hydrogens is 370 g/mol. The van der Waals surface area contributed by atoms with E-state index in [1.807, 2.05) is 0 Å². The van der Waals surface area contributed by atoms with Crippen molar-refractivity contribution in [2.45, 2.75) is 89.9 Å². The molecule has 0 spiro atoms. The molecule has 0 amide bonds. The van der Waals surface area contributed by atoms with Gasteiger partial charge in [0.05, 0.1) is 0 Å². The molecule has 0 saturated heterocycles. The van der Waals surface area contributed by atoms with Crippen LogP contribution in [0.25, 0.3) is 0 Å². The van der Waals surface area contributed by atoms with Gasteiger partial charge < -0.3 is 0 Å². The number of unbranched alkanes of at least 4 members (excludes halogenated alkanes) is 11. The van der Waals surface area contributed by atoms with Crippen LogP contribution in [0, 0.1) is 0 Å². The average Bonchev–Trinajstić information content (AvgIpc) is 2.56. The van der Waals surface area contributed by atoms with Crippen LogP contribution in [0.5, 0.6) is 0 Å². The van der Waals surface area contributed by atoms with Gasteiger partial charge in [-0.15, -0.1) is 0 Å². The molecule has 0 heterocycles. The Morgan fingerprint density at radius 1 is 0.667 bits per heavy atom. The van der Waals surface area contributed by atoms with Crippen LogP contribution in [-0.4, -0.2) is 20.2 Å². The maximum atomic E-state index is 10.8. The molecule has 0 radical (unpaired) electrons. The van der Waals surface area contributed by atoms with E-state index in [1.54, 1.807) is 0 Å². The minimum atomic E-state index is 0. The SMILES string of the molecule is [Na+].[O-]C(=[Se])CCCCCCCCCCCCCCc1ccccc1. The van der Waals surface area contributed by atoms with Gasteiger partial charge in [0.1, 0.15) is 0 Å². The Labute approximate surface area is 179 Å². The van der Waals surface area contributed by atoms with E-state index in [2.05, 4.69) is 45.9 Å². The van der Waals surface area contributed by atoms with Crippen molar-refractivity contribution in [3.63, 3.8) is 0 Å². The van der Waals surface area contributed by atoms with Crippen molar-refractivity contribution in [3.8, 4) is 0 Å². The van der Waals surface area contributed by atoms with E-state index in [9.17, 15) is 5.11 Å². The summed E-state index contributed by atoms with van der Waals surface area (Å²) in [6, 6.07) is 10.8. The minimum Gasteiger partial charge on any atom is -0.0622 e. The van der Waals surface area contributed by atoms with E-state index >= 15 is 0 Å². The molecular formula is C21H33NaOSe.